The van der Waals surface area contributed by atoms with E-state index in [4.69, 9.17) is 4.74 Å². The number of nitrogens with zero attached hydrogens (tertiary/aromatic N) is 3. The molecule has 0 bridgehead atoms. The van der Waals surface area contributed by atoms with Crippen molar-refractivity contribution in [3.8, 4) is 0 Å². The van der Waals surface area contributed by atoms with Gasteiger partial charge in [-0.25, -0.2) is 14.4 Å². The Morgan fingerprint density at radius 2 is 2.00 bits per heavy atom. The van der Waals surface area contributed by atoms with Gasteiger partial charge >= 0.3 is 0 Å². The first-order valence-corrected chi connectivity index (χ1v) is 7.88. The monoisotopic (exact) mass is 316 g/mol. The summed E-state index contributed by atoms with van der Waals surface area (Å²) in [5.74, 6) is 2.24. The maximum absolute atomic E-state index is 13.6. The molecule has 2 aromatic rings. The lowest BCUT2D eigenvalue weighted by Gasteiger charge is -2.28. The van der Waals surface area contributed by atoms with E-state index in [1.54, 1.807) is 12.1 Å². The Bertz CT molecular complexity index is 659. The van der Waals surface area contributed by atoms with Gasteiger partial charge < -0.3 is 15.0 Å². The van der Waals surface area contributed by atoms with Gasteiger partial charge in [-0.1, -0.05) is 18.2 Å². The van der Waals surface area contributed by atoms with Crippen LogP contribution in [0.2, 0.25) is 0 Å². The largest absolute Gasteiger partial charge is 0.378 e. The molecular weight excluding hydrogens is 295 g/mol. The Morgan fingerprint density at radius 1 is 1.22 bits per heavy atom. The molecule has 122 valence electrons. The lowest BCUT2D eigenvalue weighted by atomic mass is 10.1. The van der Waals surface area contributed by atoms with Crippen LogP contribution in [-0.4, -0.2) is 42.8 Å². The van der Waals surface area contributed by atoms with Gasteiger partial charge in [-0.2, -0.15) is 0 Å². The van der Waals surface area contributed by atoms with Gasteiger partial charge in [0.2, 0.25) is 0 Å². The molecule has 1 aliphatic heterocycles. The van der Waals surface area contributed by atoms with Gasteiger partial charge in [0.1, 0.15) is 23.3 Å². The summed E-state index contributed by atoms with van der Waals surface area (Å²) in [6, 6.07) is 8.79. The third-order valence-corrected chi connectivity index (χ3v) is 3.82. The van der Waals surface area contributed by atoms with Crippen molar-refractivity contribution in [2.45, 2.75) is 13.3 Å². The number of halogens is 1. The highest BCUT2D eigenvalue weighted by Gasteiger charge is 2.14. The Kier molecular flexibility index (Phi) is 5.02. The summed E-state index contributed by atoms with van der Waals surface area (Å²) in [6.45, 7) is 5.63. The molecule has 0 saturated carbocycles. The summed E-state index contributed by atoms with van der Waals surface area (Å²) in [5.41, 5.74) is 0.708. The molecule has 23 heavy (non-hydrogen) atoms. The van der Waals surface area contributed by atoms with Gasteiger partial charge in [0.15, 0.2) is 0 Å². The van der Waals surface area contributed by atoms with E-state index in [1.165, 1.54) is 6.07 Å². The van der Waals surface area contributed by atoms with Crippen molar-refractivity contribution < 1.29 is 9.13 Å². The fourth-order valence-electron chi connectivity index (χ4n) is 2.62. The normalized spacial score (nSPS) is 14.8. The Labute approximate surface area is 135 Å². The molecule has 5 nitrogen and oxygen atoms in total. The lowest BCUT2D eigenvalue weighted by molar-refractivity contribution is 0.122. The smallest absolute Gasteiger partial charge is 0.134 e. The minimum Gasteiger partial charge on any atom is -0.378 e. The number of hydrogen-bond donors (Lipinski definition) is 1. The topological polar surface area (TPSA) is 50.3 Å². The van der Waals surface area contributed by atoms with E-state index >= 15 is 0 Å². The van der Waals surface area contributed by atoms with Crippen molar-refractivity contribution in [1.29, 1.82) is 0 Å². The lowest BCUT2D eigenvalue weighted by Crippen LogP contribution is -2.37. The van der Waals surface area contributed by atoms with E-state index in [0.29, 0.717) is 18.5 Å². The maximum Gasteiger partial charge on any atom is 0.134 e. The molecule has 0 aliphatic carbocycles. The molecule has 0 unspecified atom stereocenters. The highest BCUT2D eigenvalue weighted by molar-refractivity contribution is 5.49. The van der Waals surface area contributed by atoms with Gasteiger partial charge in [-0.3, -0.25) is 0 Å². The fraction of sp³-hybridized carbons (Fsp3) is 0.412. The minimum absolute atomic E-state index is 0.165. The van der Waals surface area contributed by atoms with E-state index in [2.05, 4.69) is 20.2 Å². The van der Waals surface area contributed by atoms with Crippen LogP contribution in [-0.2, 0) is 11.2 Å². The first kappa shape index (κ1) is 15.7. The second-order valence-electron chi connectivity index (χ2n) is 5.53. The molecule has 1 fully saturated rings. The highest BCUT2D eigenvalue weighted by atomic mass is 19.1. The standard InChI is InChI=1S/C17H21FN4O/c1-13-20-16(12-17(21-13)22-8-10-23-11-9-22)19-7-6-14-4-2-3-5-15(14)18/h2-5,12H,6-11H2,1H3,(H,19,20,21). The summed E-state index contributed by atoms with van der Waals surface area (Å²) >= 11 is 0. The van der Waals surface area contributed by atoms with Crippen LogP contribution in [0.3, 0.4) is 0 Å². The number of hydrogen-bond acceptors (Lipinski definition) is 5. The fourth-order valence-corrected chi connectivity index (χ4v) is 2.62. The Hall–Kier alpha value is -2.21. The van der Waals surface area contributed by atoms with E-state index in [9.17, 15) is 4.39 Å². The zero-order chi connectivity index (χ0) is 16.1. The van der Waals surface area contributed by atoms with Gasteiger partial charge in [-0.05, 0) is 25.0 Å². The highest BCUT2D eigenvalue weighted by Crippen LogP contribution is 2.17. The minimum atomic E-state index is -0.165. The number of morpholine rings is 1. The average Bonchev–Trinajstić information content (AvgIpc) is 2.57. The van der Waals surface area contributed by atoms with Crippen molar-refractivity contribution in [2.24, 2.45) is 0 Å². The number of anilines is 2. The number of rotatable bonds is 5. The van der Waals surface area contributed by atoms with Gasteiger partial charge in [-0.15, -0.1) is 0 Å². The molecule has 0 radical (unpaired) electrons. The van der Waals surface area contributed by atoms with Crippen LogP contribution in [0.1, 0.15) is 11.4 Å². The summed E-state index contributed by atoms with van der Waals surface area (Å²) in [4.78, 5) is 11.1. The van der Waals surface area contributed by atoms with Crippen molar-refractivity contribution in [2.75, 3.05) is 43.1 Å². The maximum atomic E-state index is 13.6. The summed E-state index contributed by atoms with van der Waals surface area (Å²) in [7, 11) is 0. The summed E-state index contributed by atoms with van der Waals surface area (Å²) in [5, 5.41) is 3.26. The van der Waals surface area contributed by atoms with Crippen molar-refractivity contribution in [1.82, 2.24) is 9.97 Å². The van der Waals surface area contributed by atoms with Gasteiger partial charge in [0.25, 0.3) is 0 Å². The molecule has 0 amide bonds. The molecule has 3 rings (SSSR count). The molecule has 1 aromatic carbocycles. The molecule has 1 aliphatic rings. The predicted octanol–water partition coefficient (Wildman–Crippen LogP) is 2.42. The summed E-state index contributed by atoms with van der Waals surface area (Å²) in [6.07, 6.45) is 0.614. The van der Waals surface area contributed by atoms with Crippen LogP contribution in [0.25, 0.3) is 0 Å². The third-order valence-electron chi connectivity index (χ3n) is 3.82. The van der Waals surface area contributed by atoms with Crippen LogP contribution in [0.4, 0.5) is 16.0 Å². The van der Waals surface area contributed by atoms with Crippen LogP contribution < -0.4 is 10.2 Å². The molecule has 1 N–H and O–H groups in total. The number of ether oxygens (including phenoxy) is 1. The number of benzene rings is 1. The number of aryl methyl sites for hydroxylation is 1. The Balaban J connectivity index is 1.63. The van der Waals surface area contributed by atoms with E-state index in [0.717, 1.165) is 43.8 Å². The quantitative estimate of drug-likeness (QED) is 0.918. The molecule has 1 aromatic heterocycles. The van der Waals surface area contributed by atoms with Crippen LogP contribution >= 0.6 is 0 Å². The number of nitrogens with one attached hydrogen (secondary N) is 1. The van der Waals surface area contributed by atoms with Crippen LogP contribution in [0.15, 0.2) is 30.3 Å². The molecule has 1 saturated heterocycles. The SMILES string of the molecule is Cc1nc(NCCc2ccccc2F)cc(N2CCOCC2)n1. The van der Waals surface area contributed by atoms with E-state index in [-0.39, 0.29) is 5.82 Å². The van der Waals surface area contributed by atoms with Crippen molar-refractivity contribution in [3.63, 3.8) is 0 Å². The zero-order valence-corrected chi connectivity index (χ0v) is 13.3. The molecular formula is C17H21FN4O. The second-order valence-corrected chi connectivity index (χ2v) is 5.53. The van der Waals surface area contributed by atoms with E-state index in [1.807, 2.05) is 19.1 Å². The first-order valence-electron chi connectivity index (χ1n) is 7.88. The van der Waals surface area contributed by atoms with Crippen LogP contribution in [0, 0.1) is 12.7 Å². The molecule has 6 heteroatoms. The number of aromatic nitrogens is 2. The van der Waals surface area contributed by atoms with E-state index < -0.39 is 0 Å². The predicted molar refractivity (Wildman–Crippen MR) is 88.4 cm³/mol. The zero-order valence-electron chi connectivity index (χ0n) is 13.3. The van der Waals surface area contributed by atoms with Gasteiger partial charge in [0.05, 0.1) is 13.2 Å². The molecule has 2 heterocycles. The Morgan fingerprint density at radius 3 is 2.78 bits per heavy atom. The van der Waals surface area contributed by atoms with Crippen molar-refractivity contribution in [3.05, 3.63) is 47.5 Å². The molecule has 0 atom stereocenters. The van der Waals surface area contributed by atoms with Gasteiger partial charge in [0, 0.05) is 25.7 Å². The summed E-state index contributed by atoms with van der Waals surface area (Å²) < 4.78 is 19.0. The second kappa shape index (κ2) is 7.37. The van der Waals surface area contributed by atoms with Crippen molar-refractivity contribution >= 4 is 11.6 Å². The van der Waals surface area contributed by atoms with Crippen LogP contribution in [0.5, 0.6) is 0 Å². The first-order chi connectivity index (χ1) is 11.2. The average molecular weight is 316 g/mol. The third kappa shape index (κ3) is 4.16. The molecule has 0 spiro atoms.